The van der Waals surface area contributed by atoms with Crippen LogP contribution in [-0.4, -0.2) is 17.7 Å². The highest BCUT2D eigenvalue weighted by Gasteiger charge is 2.08. The minimum absolute atomic E-state index is 0.200. The Morgan fingerprint density at radius 3 is 2.65 bits per heavy atom. The van der Waals surface area contributed by atoms with Crippen LogP contribution in [0.2, 0.25) is 5.02 Å². The molecular weight excluding hydrogens is 263 g/mol. The molecule has 92 valence electrons. The lowest BCUT2D eigenvalue weighted by Gasteiger charge is -2.07. The van der Waals surface area contributed by atoms with Gasteiger partial charge < -0.3 is 11.1 Å². The number of nitrogens with one attached hydrogen (secondary N) is 1. The fourth-order valence-corrected chi connectivity index (χ4v) is 1.51. The number of nitrogens with two attached hydrogens (primary N) is 1. The maximum Gasteiger partial charge on any atom is 0.248 e. The number of primary amides is 1. The Morgan fingerprint density at radius 1 is 1.35 bits per heavy atom. The predicted octanol–water partition coefficient (Wildman–Crippen LogP) is 2.40. The van der Waals surface area contributed by atoms with Crippen molar-refractivity contribution in [2.75, 3.05) is 11.2 Å². The van der Waals surface area contributed by atoms with E-state index in [1.54, 1.807) is 0 Å². The maximum atomic E-state index is 11.5. The number of anilines is 1. The summed E-state index contributed by atoms with van der Waals surface area (Å²) in [5.74, 6) is -0.352. The number of alkyl halides is 1. The monoisotopic (exact) mass is 274 g/mol. The van der Waals surface area contributed by atoms with E-state index in [2.05, 4.69) is 5.32 Å². The Balaban J connectivity index is 2.79. The summed E-state index contributed by atoms with van der Waals surface area (Å²) in [6.45, 7) is 0. The quantitative estimate of drug-likeness (QED) is 0.810. The van der Waals surface area contributed by atoms with Crippen LogP contribution in [-0.2, 0) is 4.79 Å². The largest absolute Gasteiger partial charge is 0.366 e. The van der Waals surface area contributed by atoms with E-state index in [9.17, 15) is 9.59 Å². The van der Waals surface area contributed by atoms with E-state index in [1.165, 1.54) is 18.2 Å². The van der Waals surface area contributed by atoms with E-state index < -0.39 is 5.91 Å². The molecule has 1 aromatic rings. The zero-order valence-electron chi connectivity index (χ0n) is 9.00. The molecule has 0 saturated heterocycles. The summed E-state index contributed by atoms with van der Waals surface area (Å²) < 4.78 is 0. The molecule has 0 aromatic heterocycles. The molecule has 0 bridgehead atoms. The first-order chi connectivity index (χ1) is 8.04. The van der Waals surface area contributed by atoms with Gasteiger partial charge in [0.2, 0.25) is 11.8 Å². The summed E-state index contributed by atoms with van der Waals surface area (Å²) in [6.07, 6.45) is 0.890. The third-order valence-corrected chi connectivity index (χ3v) is 2.66. The van der Waals surface area contributed by atoms with E-state index >= 15 is 0 Å². The topological polar surface area (TPSA) is 72.2 Å². The van der Waals surface area contributed by atoms with Crippen molar-refractivity contribution in [1.82, 2.24) is 0 Å². The van der Waals surface area contributed by atoms with Gasteiger partial charge >= 0.3 is 0 Å². The molecule has 0 unspecified atom stereocenters. The number of rotatable bonds is 5. The van der Waals surface area contributed by atoms with Gasteiger partial charge in [-0.1, -0.05) is 11.6 Å². The number of carbonyl (C=O) groups is 2. The smallest absolute Gasteiger partial charge is 0.248 e. The average molecular weight is 275 g/mol. The predicted molar refractivity (Wildman–Crippen MR) is 68.6 cm³/mol. The maximum absolute atomic E-state index is 11.5. The van der Waals surface area contributed by atoms with Gasteiger partial charge in [-0.25, -0.2) is 0 Å². The SMILES string of the molecule is NC(=O)c1ccc(Cl)c(NC(=O)CCCCl)c1. The second-order valence-electron chi connectivity index (χ2n) is 3.40. The lowest BCUT2D eigenvalue weighted by Crippen LogP contribution is -2.14. The Hall–Kier alpha value is -1.26. The molecule has 0 aliphatic carbocycles. The minimum atomic E-state index is -0.571. The van der Waals surface area contributed by atoms with Gasteiger partial charge in [0.1, 0.15) is 0 Å². The molecule has 3 N–H and O–H groups in total. The molecule has 1 rings (SSSR count). The number of amides is 2. The molecule has 6 heteroatoms. The van der Waals surface area contributed by atoms with Gasteiger partial charge in [-0.2, -0.15) is 0 Å². The van der Waals surface area contributed by atoms with Crippen molar-refractivity contribution >= 4 is 40.7 Å². The van der Waals surface area contributed by atoms with Crippen molar-refractivity contribution in [2.45, 2.75) is 12.8 Å². The summed E-state index contributed by atoms with van der Waals surface area (Å²) in [6, 6.07) is 4.46. The molecule has 17 heavy (non-hydrogen) atoms. The fraction of sp³-hybridized carbons (Fsp3) is 0.273. The van der Waals surface area contributed by atoms with Gasteiger partial charge in [-0.15, -0.1) is 11.6 Å². The van der Waals surface area contributed by atoms with Crippen molar-refractivity contribution in [3.05, 3.63) is 28.8 Å². The fourth-order valence-electron chi connectivity index (χ4n) is 1.21. The number of hydrogen-bond donors (Lipinski definition) is 2. The van der Waals surface area contributed by atoms with Crippen molar-refractivity contribution in [1.29, 1.82) is 0 Å². The normalized spacial score (nSPS) is 10.0. The summed E-state index contributed by atoms with van der Waals surface area (Å²) in [5, 5.41) is 2.96. The molecule has 0 atom stereocenters. The Labute approximate surface area is 109 Å². The van der Waals surface area contributed by atoms with Crippen LogP contribution < -0.4 is 11.1 Å². The van der Waals surface area contributed by atoms with E-state index in [0.717, 1.165) is 0 Å². The Morgan fingerprint density at radius 2 is 2.06 bits per heavy atom. The summed E-state index contributed by atoms with van der Waals surface area (Å²) >= 11 is 11.4. The van der Waals surface area contributed by atoms with Gasteiger partial charge in [0.15, 0.2) is 0 Å². The first-order valence-corrected chi connectivity index (χ1v) is 5.91. The molecule has 1 aromatic carbocycles. The molecule has 4 nitrogen and oxygen atoms in total. The average Bonchev–Trinajstić information content (AvgIpc) is 2.29. The van der Waals surface area contributed by atoms with Gasteiger partial charge in [0.05, 0.1) is 10.7 Å². The number of benzene rings is 1. The van der Waals surface area contributed by atoms with Crippen LogP contribution in [0.1, 0.15) is 23.2 Å². The van der Waals surface area contributed by atoms with E-state index in [1.807, 2.05) is 0 Å². The van der Waals surface area contributed by atoms with E-state index in [-0.39, 0.29) is 5.91 Å². The molecule has 2 amide bonds. The van der Waals surface area contributed by atoms with Crippen LogP contribution in [0.25, 0.3) is 0 Å². The van der Waals surface area contributed by atoms with Gasteiger partial charge in [-0.05, 0) is 24.6 Å². The first-order valence-electron chi connectivity index (χ1n) is 4.99. The Bertz CT molecular complexity index is 435. The zero-order valence-corrected chi connectivity index (χ0v) is 10.5. The molecule has 0 aliphatic rings. The van der Waals surface area contributed by atoms with Crippen molar-refractivity contribution in [3.8, 4) is 0 Å². The third-order valence-electron chi connectivity index (χ3n) is 2.06. The van der Waals surface area contributed by atoms with E-state index in [0.29, 0.717) is 35.0 Å². The molecule has 0 saturated carbocycles. The standard InChI is InChI=1S/C11H12Cl2N2O2/c12-5-1-2-10(16)15-9-6-7(11(14)17)3-4-8(9)13/h3-4,6H,1-2,5H2,(H2,14,17)(H,15,16). The van der Waals surface area contributed by atoms with Crippen LogP contribution >= 0.6 is 23.2 Å². The lowest BCUT2D eigenvalue weighted by atomic mass is 10.2. The molecule has 0 heterocycles. The van der Waals surface area contributed by atoms with Gasteiger partial charge in [0, 0.05) is 17.9 Å². The second kappa shape index (κ2) is 6.47. The molecule has 0 aliphatic heterocycles. The number of halogens is 2. The summed E-state index contributed by atoms with van der Waals surface area (Å²) in [5.41, 5.74) is 5.80. The summed E-state index contributed by atoms with van der Waals surface area (Å²) in [4.78, 5) is 22.4. The van der Waals surface area contributed by atoms with Crippen LogP contribution in [0.5, 0.6) is 0 Å². The highest BCUT2D eigenvalue weighted by Crippen LogP contribution is 2.23. The van der Waals surface area contributed by atoms with E-state index in [4.69, 9.17) is 28.9 Å². The second-order valence-corrected chi connectivity index (χ2v) is 4.18. The van der Waals surface area contributed by atoms with Crippen LogP contribution in [0.3, 0.4) is 0 Å². The molecular formula is C11H12Cl2N2O2. The first kappa shape index (κ1) is 13.8. The van der Waals surface area contributed by atoms with Crippen LogP contribution in [0.4, 0.5) is 5.69 Å². The number of hydrogen-bond acceptors (Lipinski definition) is 2. The Kier molecular flexibility index (Phi) is 5.25. The zero-order chi connectivity index (χ0) is 12.8. The van der Waals surface area contributed by atoms with Gasteiger partial charge in [0.25, 0.3) is 0 Å². The molecule has 0 radical (unpaired) electrons. The summed E-state index contributed by atoms with van der Waals surface area (Å²) in [7, 11) is 0. The highest BCUT2D eigenvalue weighted by atomic mass is 35.5. The van der Waals surface area contributed by atoms with Crippen molar-refractivity contribution < 1.29 is 9.59 Å². The lowest BCUT2D eigenvalue weighted by molar-refractivity contribution is -0.116. The molecule has 0 fully saturated rings. The van der Waals surface area contributed by atoms with Gasteiger partial charge in [-0.3, -0.25) is 9.59 Å². The minimum Gasteiger partial charge on any atom is -0.366 e. The van der Waals surface area contributed by atoms with Crippen molar-refractivity contribution in [2.24, 2.45) is 5.73 Å². The van der Waals surface area contributed by atoms with Crippen LogP contribution in [0, 0.1) is 0 Å². The molecule has 0 spiro atoms. The third kappa shape index (κ3) is 4.24. The number of carbonyl (C=O) groups excluding carboxylic acids is 2. The van der Waals surface area contributed by atoms with Crippen molar-refractivity contribution in [3.63, 3.8) is 0 Å². The highest BCUT2D eigenvalue weighted by molar-refractivity contribution is 6.33. The van der Waals surface area contributed by atoms with Crippen LogP contribution in [0.15, 0.2) is 18.2 Å².